The number of amides is 2. The topological polar surface area (TPSA) is 96.0 Å². The van der Waals surface area contributed by atoms with Crippen molar-refractivity contribution < 1.29 is 29.0 Å². The molecule has 2 unspecified atom stereocenters. The largest absolute Gasteiger partial charge is 0.347 e. The monoisotopic (exact) mass is 491 g/mol. The molecular weight excluding hydrogens is 469 g/mol. The maximum absolute atomic E-state index is 13.1. The Kier molecular flexibility index (Phi) is 5.02. The van der Waals surface area contributed by atoms with E-state index in [4.69, 9.17) is 0 Å². The van der Waals surface area contributed by atoms with Crippen LogP contribution >= 0.6 is 10.2 Å². The summed E-state index contributed by atoms with van der Waals surface area (Å²) < 4.78 is 65.3. The maximum Gasteiger partial charge on any atom is 0.310 e. The van der Waals surface area contributed by atoms with Crippen molar-refractivity contribution in [3.8, 4) is 0 Å². The lowest BCUT2D eigenvalue weighted by molar-refractivity contribution is -0.132. The van der Waals surface area contributed by atoms with E-state index >= 15 is 0 Å². The molecule has 0 spiro atoms. The summed E-state index contributed by atoms with van der Waals surface area (Å²) in [6, 6.07) is 2.55. The van der Waals surface area contributed by atoms with Crippen LogP contribution in [0, 0.1) is 5.41 Å². The Labute approximate surface area is 186 Å². The van der Waals surface area contributed by atoms with Crippen molar-refractivity contribution in [3.05, 3.63) is 54.1 Å². The number of carbonyl (C=O) groups excluding carboxylic acids is 2. The zero-order valence-corrected chi connectivity index (χ0v) is 18.2. The molecule has 1 aliphatic carbocycles. The SMILES string of the molecule is CC1([C@@H](NC(=O)C2CC(=O)NC(c3ncccn3)N2)c2ccc(S(F)(F)(F)(F)F)cc2)CC1. The summed E-state index contributed by atoms with van der Waals surface area (Å²) in [4.78, 5) is 31.3. The smallest absolute Gasteiger partial charge is 0.310 e. The highest BCUT2D eigenvalue weighted by molar-refractivity contribution is 8.45. The molecule has 3 N–H and O–H groups in total. The lowest BCUT2D eigenvalue weighted by Crippen LogP contribution is -2.57. The van der Waals surface area contributed by atoms with Crippen molar-refractivity contribution in [1.29, 1.82) is 0 Å². The summed E-state index contributed by atoms with van der Waals surface area (Å²) in [5.74, 6) is -0.679. The number of benzene rings is 1. The molecule has 33 heavy (non-hydrogen) atoms. The van der Waals surface area contributed by atoms with Gasteiger partial charge in [-0.05, 0) is 42.0 Å². The minimum atomic E-state index is -9.79. The highest BCUT2D eigenvalue weighted by Crippen LogP contribution is 3.02. The summed E-state index contributed by atoms with van der Waals surface area (Å²) in [5, 5.41) is 8.39. The Bertz CT molecular complexity index is 1080. The van der Waals surface area contributed by atoms with Gasteiger partial charge in [0.25, 0.3) is 0 Å². The van der Waals surface area contributed by atoms with Crippen LogP contribution in [0.25, 0.3) is 0 Å². The van der Waals surface area contributed by atoms with Crippen LogP contribution in [0.15, 0.2) is 47.6 Å². The number of nitrogens with zero attached hydrogens (tertiary/aromatic N) is 2. The minimum absolute atomic E-state index is 0.165. The van der Waals surface area contributed by atoms with E-state index in [0.29, 0.717) is 25.0 Å². The average molecular weight is 491 g/mol. The second-order valence-electron chi connectivity index (χ2n) is 8.66. The summed E-state index contributed by atoms with van der Waals surface area (Å²) in [6.45, 7) is 1.85. The lowest BCUT2D eigenvalue weighted by Gasteiger charge is -2.40. The van der Waals surface area contributed by atoms with E-state index in [9.17, 15) is 29.0 Å². The van der Waals surface area contributed by atoms with Gasteiger partial charge < -0.3 is 10.6 Å². The van der Waals surface area contributed by atoms with E-state index in [1.807, 2.05) is 6.92 Å². The molecule has 1 aliphatic heterocycles. The van der Waals surface area contributed by atoms with Crippen molar-refractivity contribution in [2.45, 2.75) is 49.3 Å². The fourth-order valence-corrected chi connectivity index (χ4v) is 4.43. The first kappa shape index (κ1) is 23.4. The third-order valence-electron chi connectivity index (χ3n) is 5.90. The molecule has 180 valence electrons. The summed E-state index contributed by atoms with van der Waals surface area (Å²) >= 11 is 0. The molecule has 4 rings (SSSR count). The van der Waals surface area contributed by atoms with Gasteiger partial charge >= 0.3 is 10.2 Å². The Morgan fingerprint density at radius 3 is 2.27 bits per heavy atom. The van der Waals surface area contributed by atoms with Gasteiger partial charge in [0.05, 0.1) is 18.5 Å². The van der Waals surface area contributed by atoms with Gasteiger partial charge in [-0.1, -0.05) is 38.5 Å². The van der Waals surface area contributed by atoms with E-state index in [0.717, 1.165) is 12.1 Å². The van der Waals surface area contributed by atoms with Crippen LogP contribution in [0.5, 0.6) is 0 Å². The van der Waals surface area contributed by atoms with Crippen molar-refractivity contribution in [1.82, 2.24) is 25.9 Å². The van der Waals surface area contributed by atoms with Crippen LogP contribution in [0.3, 0.4) is 0 Å². The van der Waals surface area contributed by atoms with Gasteiger partial charge in [-0.25, -0.2) is 9.97 Å². The molecular formula is C20H22F5N5O2S. The average Bonchev–Trinajstić information content (AvgIpc) is 3.48. The van der Waals surface area contributed by atoms with Crippen molar-refractivity contribution >= 4 is 22.0 Å². The number of rotatable bonds is 6. The minimum Gasteiger partial charge on any atom is -0.347 e. The fraction of sp³-hybridized carbons (Fsp3) is 0.400. The van der Waals surface area contributed by atoms with Crippen molar-refractivity contribution in [2.75, 3.05) is 0 Å². The van der Waals surface area contributed by atoms with Gasteiger partial charge in [-0.3, -0.25) is 14.9 Å². The first-order chi connectivity index (χ1) is 15.1. The van der Waals surface area contributed by atoms with E-state index in [1.54, 1.807) is 6.07 Å². The van der Waals surface area contributed by atoms with E-state index in [1.165, 1.54) is 12.4 Å². The normalized spacial score (nSPS) is 25.2. The molecule has 2 heterocycles. The number of aromatic nitrogens is 2. The van der Waals surface area contributed by atoms with Gasteiger partial charge in [0, 0.05) is 12.4 Å². The Morgan fingerprint density at radius 1 is 1.12 bits per heavy atom. The molecule has 13 heteroatoms. The maximum atomic E-state index is 13.1. The van der Waals surface area contributed by atoms with E-state index < -0.39 is 50.6 Å². The quantitative estimate of drug-likeness (QED) is 0.525. The highest BCUT2D eigenvalue weighted by atomic mass is 32.5. The van der Waals surface area contributed by atoms with Crippen LogP contribution < -0.4 is 16.0 Å². The molecule has 0 bridgehead atoms. The van der Waals surface area contributed by atoms with Crippen molar-refractivity contribution in [3.63, 3.8) is 0 Å². The predicted molar refractivity (Wildman–Crippen MR) is 111 cm³/mol. The van der Waals surface area contributed by atoms with Crippen LogP contribution in [0.2, 0.25) is 0 Å². The molecule has 1 saturated heterocycles. The lowest BCUT2D eigenvalue weighted by atomic mass is 9.91. The standard InChI is InChI=1S/C20H22F5N5O2S/c1-20(7-8-20)16(12-3-5-13(6-4-12)33(21,22,23,24)25)30-19(32)14-11-15(31)29-18(28-14)17-26-9-2-10-27-17/h2-6,9-10,14,16,18,28H,7-8,11H2,1H3,(H,29,31)(H,30,32)/t14?,16-,18?/m0/s1. The first-order valence-electron chi connectivity index (χ1n) is 10.1. The van der Waals surface area contributed by atoms with Crippen LogP contribution in [-0.4, -0.2) is 27.8 Å². The van der Waals surface area contributed by atoms with Gasteiger partial charge in [0.1, 0.15) is 11.1 Å². The first-order valence-corrected chi connectivity index (χ1v) is 12.1. The van der Waals surface area contributed by atoms with Crippen LogP contribution in [0.4, 0.5) is 19.4 Å². The number of halogens is 5. The van der Waals surface area contributed by atoms with Crippen molar-refractivity contribution in [2.24, 2.45) is 5.41 Å². The third-order valence-corrected chi connectivity index (χ3v) is 7.07. The van der Waals surface area contributed by atoms with E-state index in [2.05, 4.69) is 25.9 Å². The zero-order chi connectivity index (χ0) is 24.1. The second-order valence-corrected chi connectivity index (χ2v) is 11.1. The highest BCUT2D eigenvalue weighted by Gasteiger charge is 2.65. The summed E-state index contributed by atoms with van der Waals surface area (Å²) in [6.07, 6.45) is 3.40. The molecule has 3 atom stereocenters. The molecule has 2 amide bonds. The Hall–Kier alpha value is -2.80. The van der Waals surface area contributed by atoms with E-state index in [-0.39, 0.29) is 17.8 Å². The third kappa shape index (κ3) is 5.24. The molecule has 1 aromatic heterocycles. The predicted octanol–water partition coefficient (Wildman–Crippen LogP) is 4.27. The molecule has 2 aliphatic rings. The van der Waals surface area contributed by atoms with Gasteiger partial charge in [-0.15, -0.1) is 0 Å². The van der Waals surface area contributed by atoms with Crippen LogP contribution in [0.1, 0.15) is 49.8 Å². The molecule has 1 saturated carbocycles. The Morgan fingerprint density at radius 2 is 1.73 bits per heavy atom. The summed E-state index contributed by atoms with van der Waals surface area (Å²) in [5.41, 5.74) is -0.165. The van der Waals surface area contributed by atoms with Gasteiger partial charge in [0.2, 0.25) is 11.8 Å². The number of nitrogens with one attached hydrogen (secondary N) is 3. The molecule has 2 fully saturated rings. The zero-order valence-electron chi connectivity index (χ0n) is 17.4. The molecule has 1 aromatic carbocycles. The number of hydrogen-bond donors (Lipinski definition) is 3. The summed E-state index contributed by atoms with van der Waals surface area (Å²) in [7, 11) is -9.79. The van der Waals surface area contributed by atoms with Crippen LogP contribution in [-0.2, 0) is 9.59 Å². The molecule has 0 radical (unpaired) electrons. The Balaban J connectivity index is 1.54. The fourth-order valence-electron chi connectivity index (χ4n) is 3.78. The van der Waals surface area contributed by atoms with Gasteiger partial charge in [0.15, 0.2) is 5.82 Å². The number of carbonyl (C=O) groups is 2. The number of hydrogen-bond acceptors (Lipinski definition) is 5. The molecule has 2 aromatic rings. The second kappa shape index (κ2) is 7.10. The molecule has 7 nitrogen and oxygen atoms in total. The van der Waals surface area contributed by atoms with Gasteiger partial charge in [-0.2, -0.15) is 0 Å².